The van der Waals surface area contributed by atoms with Crippen LogP contribution in [-0.4, -0.2) is 23.1 Å². The molecule has 2 atom stereocenters. The summed E-state index contributed by atoms with van der Waals surface area (Å²) in [6.45, 7) is -1.70. The van der Waals surface area contributed by atoms with Gasteiger partial charge in [-0.3, -0.25) is 0 Å². The molecule has 1 aliphatic heterocycles. The quantitative estimate of drug-likeness (QED) is 0.575. The van der Waals surface area contributed by atoms with Gasteiger partial charge in [0.1, 0.15) is 6.67 Å². The summed E-state index contributed by atoms with van der Waals surface area (Å²) in [5, 5.41) is -3.47. The lowest BCUT2D eigenvalue weighted by Crippen LogP contribution is -2.31. The second-order valence-corrected chi connectivity index (χ2v) is 3.66. The Morgan fingerprint density at radius 3 is 2.09 bits per heavy atom. The Labute approximate surface area is 64.1 Å². The molecule has 0 N–H and O–H groups in total. The van der Waals surface area contributed by atoms with Crippen LogP contribution in [0.2, 0.25) is 0 Å². The molecule has 0 aromatic rings. The normalized spacial score (nSPS) is 42.8. The molecule has 2 unspecified atom stereocenters. The average molecular weight is 192 g/mol. The fourth-order valence-electron chi connectivity index (χ4n) is 0.829. The molecule has 1 saturated heterocycles. The molecule has 0 aromatic heterocycles. The van der Waals surface area contributed by atoms with Gasteiger partial charge in [-0.05, 0) is 11.8 Å². The molecule has 0 bridgehead atoms. The van der Waals surface area contributed by atoms with Crippen molar-refractivity contribution in [1.29, 1.82) is 0 Å². The standard InChI is InChI=1S/C5H5F5S/c6-2-4(8)1-5(9,10)11-3(4)7/h3H,1-2H2. The van der Waals surface area contributed by atoms with Gasteiger partial charge in [-0.1, -0.05) is 0 Å². The summed E-state index contributed by atoms with van der Waals surface area (Å²) in [7, 11) is 0. The minimum absolute atomic E-state index is 0.461. The molecule has 0 amide bonds. The Balaban J connectivity index is 2.73. The van der Waals surface area contributed by atoms with Gasteiger partial charge in [0.15, 0.2) is 11.2 Å². The monoisotopic (exact) mass is 192 g/mol. The van der Waals surface area contributed by atoms with E-state index in [1.807, 2.05) is 0 Å². The third-order valence-electron chi connectivity index (χ3n) is 1.40. The van der Waals surface area contributed by atoms with E-state index in [9.17, 15) is 22.0 Å². The van der Waals surface area contributed by atoms with E-state index < -0.39 is 41.3 Å². The van der Waals surface area contributed by atoms with Gasteiger partial charge in [0.25, 0.3) is 5.25 Å². The number of alkyl halides is 5. The zero-order chi connectivity index (χ0) is 8.70. The molecule has 6 heteroatoms. The van der Waals surface area contributed by atoms with Crippen molar-refractivity contribution in [2.45, 2.75) is 22.8 Å². The van der Waals surface area contributed by atoms with E-state index in [-0.39, 0.29) is 0 Å². The summed E-state index contributed by atoms with van der Waals surface area (Å²) in [6, 6.07) is 0. The lowest BCUT2D eigenvalue weighted by molar-refractivity contribution is 0.00693. The van der Waals surface area contributed by atoms with Gasteiger partial charge in [-0.2, -0.15) is 8.78 Å². The molecule has 1 fully saturated rings. The van der Waals surface area contributed by atoms with Crippen molar-refractivity contribution in [3.05, 3.63) is 0 Å². The van der Waals surface area contributed by atoms with E-state index in [1.165, 1.54) is 0 Å². The van der Waals surface area contributed by atoms with Crippen LogP contribution in [0.3, 0.4) is 0 Å². The zero-order valence-corrected chi connectivity index (χ0v) is 6.11. The topological polar surface area (TPSA) is 0 Å². The molecule has 1 rings (SSSR count). The van der Waals surface area contributed by atoms with Crippen LogP contribution in [0.1, 0.15) is 6.42 Å². The van der Waals surface area contributed by atoms with E-state index in [0.29, 0.717) is 0 Å². The number of halogens is 5. The zero-order valence-electron chi connectivity index (χ0n) is 5.29. The van der Waals surface area contributed by atoms with Crippen LogP contribution in [0, 0.1) is 0 Å². The summed E-state index contributed by atoms with van der Waals surface area (Å²) >= 11 is -0.461. The Morgan fingerprint density at radius 2 is 1.91 bits per heavy atom. The molecule has 0 radical (unpaired) electrons. The summed E-state index contributed by atoms with van der Waals surface area (Å²) in [4.78, 5) is 0. The van der Waals surface area contributed by atoms with Crippen LogP contribution >= 0.6 is 11.8 Å². The van der Waals surface area contributed by atoms with Crippen molar-refractivity contribution in [2.75, 3.05) is 6.67 Å². The van der Waals surface area contributed by atoms with E-state index in [1.54, 1.807) is 0 Å². The number of thioether (sulfide) groups is 1. The fraction of sp³-hybridized carbons (Fsp3) is 1.00. The molecular formula is C5H5F5S. The van der Waals surface area contributed by atoms with Crippen molar-refractivity contribution >= 4 is 11.8 Å². The first-order valence-electron chi connectivity index (χ1n) is 2.84. The summed E-state index contributed by atoms with van der Waals surface area (Å²) in [5.41, 5.74) is -5.45. The Kier molecular flexibility index (Phi) is 2.07. The van der Waals surface area contributed by atoms with E-state index in [0.717, 1.165) is 0 Å². The first-order valence-corrected chi connectivity index (χ1v) is 3.72. The Morgan fingerprint density at radius 1 is 1.36 bits per heavy atom. The van der Waals surface area contributed by atoms with Crippen molar-refractivity contribution in [3.63, 3.8) is 0 Å². The Bertz CT molecular complexity index is 161. The van der Waals surface area contributed by atoms with Crippen LogP contribution in [0.5, 0.6) is 0 Å². The van der Waals surface area contributed by atoms with Gasteiger partial charge >= 0.3 is 0 Å². The van der Waals surface area contributed by atoms with Gasteiger partial charge in [0, 0.05) is 0 Å². The summed E-state index contributed by atoms with van der Waals surface area (Å²) in [5.74, 6) is 0. The summed E-state index contributed by atoms with van der Waals surface area (Å²) in [6.07, 6.45) is -1.37. The molecule has 0 nitrogen and oxygen atoms in total. The molecule has 1 aliphatic rings. The van der Waals surface area contributed by atoms with E-state index in [2.05, 4.69) is 0 Å². The largest absolute Gasteiger partial charge is 0.299 e. The predicted octanol–water partition coefficient (Wildman–Crippen LogP) is 2.69. The first kappa shape index (κ1) is 9.09. The van der Waals surface area contributed by atoms with Crippen LogP contribution in [0.15, 0.2) is 0 Å². The highest BCUT2D eigenvalue weighted by Crippen LogP contribution is 2.53. The lowest BCUT2D eigenvalue weighted by Gasteiger charge is -2.14. The third kappa shape index (κ3) is 1.60. The molecule has 0 saturated carbocycles. The maximum Gasteiger partial charge on any atom is 0.299 e. The predicted molar refractivity (Wildman–Crippen MR) is 31.9 cm³/mol. The van der Waals surface area contributed by atoms with Gasteiger partial charge in [-0.25, -0.2) is 13.2 Å². The maximum absolute atomic E-state index is 12.7. The Hall–Kier alpha value is -0.0000000000000000555. The van der Waals surface area contributed by atoms with E-state index in [4.69, 9.17) is 0 Å². The lowest BCUT2D eigenvalue weighted by atomic mass is 10.1. The SMILES string of the molecule is FCC1(F)CC(F)(F)SC1F. The minimum atomic E-state index is -3.47. The van der Waals surface area contributed by atoms with Gasteiger partial charge in [-0.15, -0.1) is 0 Å². The molecule has 11 heavy (non-hydrogen) atoms. The molecular weight excluding hydrogens is 187 g/mol. The molecule has 0 aromatic carbocycles. The van der Waals surface area contributed by atoms with Crippen LogP contribution in [0.4, 0.5) is 22.0 Å². The van der Waals surface area contributed by atoms with Crippen molar-refractivity contribution in [1.82, 2.24) is 0 Å². The maximum atomic E-state index is 12.7. The number of hydrogen-bond donors (Lipinski definition) is 0. The highest BCUT2D eigenvalue weighted by Gasteiger charge is 2.59. The summed E-state index contributed by atoms with van der Waals surface area (Å²) < 4.78 is 61.1. The molecule has 1 heterocycles. The minimum Gasteiger partial charge on any atom is -0.247 e. The number of rotatable bonds is 1. The van der Waals surface area contributed by atoms with Crippen molar-refractivity contribution < 1.29 is 22.0 Å². The molecule has 0 aliphatic carbocycles. The van der Waals surface area contributed by atoms with Gasteiger partial charge in [0.2, 0.25) is 0 Å². The highest BCUT2D eigenvalue weighted by molar-refractivity contribution is 8.01. The first-order chi connectivity index (χ1) is 4.90. The molecule has 0 spiro atoms. The van der Waals surface area contributed by atoms with Crippen molar-refractivity contribution in [2.24, 2.45) is 0 Å². The molecule has 66 valence electrons. The second-order valence-electron chi connectivity index (χ2n) is 2.42. The van der Waals surface area contributed by atoms with Crippen molar-refractivity contribution in [3.8, 4) is 0 Å². The third-order valence-corrected chi connectivity index (χ3v) is 2.52. The average Bonchev–Trinajstić information content (AvgIpc) is 2.03. The van der Waals surface area contributed by atoms with Gasteiger partial charge < -0.3 is 0 Å². The van der Waals surface area contributed by atoms with Gasteiger partial charge in [0.05, 0.1) is 6.42 Å². The highest BCUT2D eigenvalue weighted by atomic mass is 32.2. The number of hydrogen-bond acceptors (Lipinski definition) is 1. The second kappa shape index (κ2) is 2.50. The van der Waals surface area contributed by atoms with Crippen LogP contribution in [-0.2, 0) is 0 Å². The van der Waals surface area contributed by atoms with Crippen LogP contribution in [0.25, 0.3) is 0 Å². The smallest absolute Gasteiger partial charge is 0.247 e. The fourth-order valence-corrected chi connectivity index (χ4v) is 1.81. The van der Waals surface area contributed by atoms with E-state index >= 15 is 0 Å². The van der Waals surface area contributed by atoms with Crippen LogP contribution < -0.4 is 0 Å².